The zero-order chi connectivity index (χ0) is 10.6. The molecule has 0 saturated carbocycles. The molecule has 14 heavy (non-hydrogen) atoms. The molecule has 0 fully saturated rings. The quantitative estimate of drug-likeness (QED) is 0.677. The van der Waals surface area contributed by atoms with Gasteiger partial charge in [-0.05, 0) is 19.1 Å². The van der Waals surface area contributed by atoms with Crippen molar-refractivity contribution in [3.63, 3.8) is 0 Å². The van der Waals surface area contributed by atoms with Crippen LogP contribution in [0.1, 0.15) is 27.2 Å². The smallest absolute Gasteiger partial charge is 0.330 e. The van der Waals surface area contributed by atoms with Crippen LogP contribution in [0.2, 0.25) is 0 Å². The fraction of sp³-hybridized carbons (Fsp3) is 0.800. The second-order valence-corrected chi connectivity index (χ2v) is 4.59. The largest absolute Gasteiger partial charge is 0.464 e. The van der Waals surface area contributed by atoms with E-state index in [4.69, 9.17) is 4.74 Å². The average molecular weight is 215 g/mol. The van der Waals surface area contributed by atoms with E-state index in [2.05, 4.69) is 18.8 Å². The first kappa shape index (κ1) is 11.6. The molecule has 0 aliphatic carbocycles. The monoisotopic (exact) mass is 215 g/mol. The standard InChI is InChI=1S/C10H17NO2S/c1-4-13-10(12)8-6-7(3)9(11-8)14-5-2/h7-8H,4-6H2,1-3H3/t7-,8-/m1/s1. The fourth-order valence-electron chi connectivity index (χ4n) is 1.48. The van der Waals surface area contributed by atoms with Gasteiger partial charge in [-0.15, -0.1) is 11.8 Å². The van der Waals surface area contributed by atoms with Crippen LogP contribution in [0.5, 0.6) is 0 Å². The Hall–Kier alpha value is -0.510. The third kappa shape index (κ3) is 2.74. The number of carbonyl (C=O) groups excluding carboxylic acids is 1. The number of hydrogen-bond acceptors (Lipinski definition) is 4. The molecule has 4 heteroatoms. The van der Waals surface area contributed by atoms with E-state index in [0.717, 1.165) is 17.2 Å². The molecule has 0 amide bonds. The molecule has 0 saturated heterocycles. The lowest BCUT2D eigenvalue weighted by atomic mass is 10.1. The van der Waals surface area contributed by atoms with Crippen molar-refractivity contribution in [2.75, 3.05) is 12.4 Å². The summed E-state index contributed by atoms with van der Waals surface area (Å²) in [7, 11) is 0. The van der Waals surface area contributed by atoms with Crippen LogP contribution in [-0.2, 0) is 9.53 Å². The maximum absolute atomic E-state index is 11.4. The van der Waals surface area contributed by atoms with Crippen LogP contribution < -0.4 is 0 Å². The summed E-state index contributed by atoms with van der Waals surface area (Å²) in [6.07, 6.45) is 0.807. The van der Waals surface area contributed by atoms with Crippen molar-refractivity contribution >= 4 is 22.8 Å². The van der Waals surface area contributed by atoms with Crippen LogP contribution in [0.25, 0.3) is 0 Å². The van der Waals surface area contributed by atoms with Crippen LogP contribution >= 0.6 is 11.8 Å². The van der Waals surface area contributed by atoms with E-state index in [9.17, 15) is 4.79 Å². The summed E-state index contributed by atoms with van der Waals surface area (Å²) in [5.74, 6) is 1.25. The van der Waals surface area contributed by atoms with E-state index in [1.54, 1.807) is 11.8 Å². The highest BCUT2D eigenvalue weighted by atomic mass is 32.2. The summed E-state index contributed by atoms with van der Waals surface area (Å²) in [4.78, 5) is 15.8. The third-order valence-electron chi connectivity index (χ3n) is 2.13. The van der Waals surface area contributed by atoms with Crippen molar-refractivity contribution in [1.29, 1.82) is 0 Å². The summed E-state index contributed by atoms with van der Waals surface area (Å²) in [5, 5.41) is 1.10. The van der Waals surface area contributed by atoms with Crippen LogP contribution in [0.4, 0.5) is 0 Å². The minimum Gasteiger partial charge on any atom is -0.464 e. The lowest BCUT2D eigenvalue weighted by molar-refractivity contribution is -0.144. The lowest BCUT2D eigenvalue weighted by Gasteiger charge is -2.06. The molecule has 1 aliphatic rings. The van der Waals surface area contributed by atoms with Gasteiger partial charge in [0.2, 0.25) is 0 Å². The highest BCUT2D eigenvalue weighted by Crippen LogP contribution is 2.27. The molecule has 0 spiro atoms. The Morgan fingerprint density at radius 2 is 2.36 bits per heavy atom. The SMILES string of the molecule is CCOC(=O)[C@H]1C[C@@H](C)C(SCC)=N1. The maximum atomic E-state index is 11.4. The predicted octanol–water partition coefficient (Wildman–Crippen LogP) is 2.11. The van der Waals surface area contributed by atoms with Crippen molar-refractivity contribution in [3.05, 3.63) is 0 Å². The molecule has 0 aromatic rings. The summed E-state index contributed by atoms with van der Waals surface area (Å²) in [5.41, 5.74) is 0. The van der Waals surface area contributed by atoms with Gasteiger partial charge in [0.1, 0.15) is 6.04 Å². The molecular formula is C10H17NO2S. The number of thioether (sulfide) groups is 1. The van der Waals surface area contributed by atoms with Gasteiger partial charge in [0.05, 0.1) is 11.7 Å². The average Bonchev–Trinajstić information content (AvgIpc) is 2.49. The van der Waals surface area contributed by atoms with E-state index in [1.807, 2.05) is 6.92 Å². The molecule has 2 atom stereocenters. The van der Waals surface area contributed by atoms with Crippen LogP contribution in [0.15, 0.2) is 4.99 Å². The Morgan fingerprint density at radius 1 is 1.64 bits per heavy atom. The Morgan fingerprint density at radius 3 is 2.93 bits per heavy atom. The van der Waals surface area contributed by atoms with Crippen molar-refractivity contribution in [2.45, 2.75) is 33.2 Å². The molecule has 80 valence electrons. The number of hydrogen-bond donors (Lipinski definition) is 0. The van der Waals surface area contributed by atoms with E-state index in [0.29, 0.717) is 12.5 Å². The van der Waals surface area contributed by atoms with Crippen molar-refractivity contribution in [3.8, 4) is 0 Å². The molecule has 0 N–H and O–H groups in total. The normalized spacial score (nSPS) is 26.1. The molecule has 1 rings (SSSR count). The van der Waals surface area contributed by atoms with Gasteiger partial charge in [-0.1, -0.05) is 13.8 Å². The first-order chi connectivity index (χ1) is 6.69. The van der Waals surface area contributed by atoms with Crippen LogP contribution in [-0.4, -0.2) is 29.4 Å². The second kappa shape index (κ2) is 5.39. The van der Waals surface area contributed by atoms with Gasteiger partial charge in [-0.3, -0.25) is 4.99 Å². The van der Waals surface area contributed by atoms with E-state index >= 15 is 0 Å². The van der Waals surface area contributed by atoms with Gasteiger partial charge in [0.15, 0.2) is 0 Å². The number of esters is 1. The Labute approximate surface area is 89.3 Å². The molecular weight excluding hydrogens is 198 g/mol. The predicted molar refractivity (Wildman–Crippen MR) is 59.8 cm³/mol. The zero-order valence-electron chi connectivity index (χ0n) is 8.95. The number of aliphatic imine (C=N–C) groups is 1. The van der Waals surface area contributed by atoms with Crippen molar-refractivity contribution < 1.29 is 9.53 Å². The first-order valence-corrected chi connectivity index (χ1v) is 6.04. The third-order valence-corrected chi connectivity index (χ3v) is 3.22. The van der Waals surface area contributed by atoms with Gasteiger partial charge in [-0.2, -0.15) is 0 Å². The Balaban J connectivity index is 2.55. The second-order valence-electron chi connectivity index (χ2n) is 3.30. The van der Waals surface area contributed by atoms with Crippen LogP contribution in [0.3, 0.4) is 0 Å². The number of ether oxygens (including phenoxy) is 1. The van der Waals surface area contributed by atoms with Crippen molar-refractivity contribution in [2.24, 2.45) is 10.9 Å². The number of rotatable bonds is 3. The molecule has 0 bridgehead atoms. The minimum atomic E-state index is -0.251. The summed E-state index contributed by atoms with van der Waals surface area (Å²) in [6.45, 7) is 6.47. The van der Waals surface area contributed by atoms with Gasteiger partial charge in [0.25, 0.3) is 0 Å². The van der Waals surface area contributed by atoms with E-state index in [-0.39, 0.29) is 12.0 Å². The van der Waals surface area contributed by atoms with E-state index < -0.39 is 0 Å². The summed E-state index contributed by atoms with van der Waals surface area (Å²) in [6, 6.07) is -0.251. The molecule has 3 nitrogen and oxygen atoms in total. The first-order valence-electron chi connectivity index (χ1n) is 5.06. The molecule has 1 heterocycles. The zero-order valence-corrected chi connectivity index (χ0v) is 9.76. The molecule has 1 aliphatic heterocycles. The fourth-order valence-corrected chi connectivity index (χ4v) is 2.36. The van der Waals surface area contributed by atoms with E-state index in [1.165, 1.54) is 0 Å². The Kier molecular flexibility index (Phi) is 4.45. The Bertz CT molecular complexity index is 240. The van der Waals surface area contributed by atoms with Crippen molar-refractivity contribution in [1.82, 2.24) is 0 Å². The van der Waals surface area contributed by atoms with Gasteiger partial charge < -0.3 is 4.74 Å². The van der Waals surface area contributed by atoms with Gasteiger partial charge in [-0.25, -0.2) is 4.79 Å². The molecule has 0 radical (unpaired) electrons. The lowest BCUT2D eigenvalue weighted by Crippen LogP contribution is -2.19. The molecule has 0 aromatic carbocycles. The van der Waals surface area contributed by atoms with Gasteiger partial charge >= 0.3 is 5.97 Å². The maximum Gasteiger partial charge on any atom is 0.330 e. The van der Waals surface area contributed by atoms with Crippen LogP contribution in [0, 0.1) is 5.92 Å². The highest BCUT2D eigenvalue weighted by molar-refractivity contribution is 8.13. The summed E-state index contributed by atoms with van der Waals surface area (Å²) >= 11 is 1.73. The summed E-state index contributed by atoms with van der Waals surface area (Å²) < 4.78 is 4.95. The topological polar surface area (TPSA) is 38.7 Å². The number of carbonyl (C=O) groups is 1. The van der Waals surface area contributed by atoms with Gasteiger partial charge in [0, 0.05) is 5.92 Å². The molecule has 0 unspecified atom stereocenters. The molecule has 0 aromatic heterocycles. The highest BCUT2D eigenvalue weighted by Gasteiger charge is 2.30. The number of nitrogens with zero attached hydrogens (tertiary/aromatic N) is 1. The minimum absolute atomic E-state index is 0.175.